The fourth-order valence-corrected chi connectivity index (χ4v) is 3.44. The van der Waals surface area contributed by atoms with Gasteiger partial charge in [0.15, 0.2) is 5.96 Å². The summed E-state index contributed by atoms with van der Waals surface area (Å²) in [6.07, 6.45) is 5.23. The number of nitrogens with one attached hydrogen (secondary N) is 2. The van der Waals surface area contributed by atoms with Crippen LogP contribution in [0.2, 0.25) is 0 Å². The third kappa shape index (κ3) is 5.32. The fraction of sp³-hybridized carbons (Fsp3) is 0.684. The predicted octanol–water partition coefficient (Wildman–Crippen LogP) is 1.15. The molecule has 2 fully saturated rings. The van der Waals surface area contributed by atoms with E-state index in [0.717, 1.165) is 44.3 Å². The Bertz CT molecular complexity index is 567. The van der Waals surface area contributed by atoms with Crippen LogP contribution in [0, 0.1) is 0 Å². The van der Waals surface area contributed by atoms with Crippen LogP contribution < -0.4 is 15.5 Å². The van der Waals surface area contributed by atoms with E-state index in [-0.39, 0.29) is 0 Å². The smallest absolute Gasteiger partial charge is 0.191 e. The van der Waals surface area contributed by atoms with Crippen molar-refractivity contribution in [1.82, 2.24) is 15.6 Å². The third-order valence-corrected chi connectivity index (χ3v) is 5.11. The first kappa shape index (κ1) is 18.9. The number of aliphatic hydroxyl groups is 1. The van der Waals surface area contributed by atoms with Crippen LogP contribution in [0.4, 0.5) is 5.82 Å². The molecule has 7 heteroatoms. The van der Waals surface area contributed by atoms with Gasteiger partial charge >= 0.3 is 0 Å². The van der Waals surface area contributed by atoms with Gasteiger partial charge in [0.2, 0.25) is 0 Å². The molecule has 7 nitrogen and oxygen atoms in total. The molecule has 0 bridgehead atoms. The molecule has 0 unspecified atom stereocenters. The number of anilines is 1. The van der Waals surface area contributed by atoms with Crippen molar-refractivity contribution in [3.63, 3.8) is 0 Å². The number of rotatable bonds is 5. The summed E-state index contributed by atoms with van der Waals surface area (Å²) in [5, 5.41) is 17.4. The molecule has 3 heterocycles. The molecule has 3 N–H and O–H groups in total. The summed E-state index contributed by atoms with van der Waals surface area (Å²) in [5.41, 5.74) is -0.733. The number of aromatic nitrogens is 1. The highest BCUT2D eigenvalue weighted by Gasteiger charge is 2.30. The molecule has 144 valence electrons. The standard InChI is InChI=1S/C19H31N5O2/c1-2-20-18(22-15-19(25)8-13-26-14-9-19)23-16-6-11-24(12-7-16)17-5-3-4-10-21-17/h3-5,10,16,25H,2,6-9,11-15H2,1H3,(H2,20,22,23). The van der Waals surface area contributed by atoms with E-state index in [1.54, 1.807) is 0 Å². The van der Waals surface area contributed by atoms with Crippen LogP contribution in [-0.2, 0) is 4.74 Å². The monoisotopic (exact) mass is 361 g/mol. The summed E-state index contributed by atoms with van der Waals surface area (Å²) in [6, 6.07) is 6.43. The number of nitrogens with zero attached hydrogens (tertiary/aromatic N) is 3. The molecule has 2 aliphatic rings. The minimum atomic E-state index is -0.733. The first-order valence-electron chi connectivity index (χ1n) is 9.69. The number of aliphatic imine (C=N–C) groups is 1. The van der Waals surface area contributed by atoms with Gasteiger partial charge in [-0.1, -0.05) is 6.07 Å². The molecule has 1 aromatic heterocycles. The van der Waals surface area contributed by atoms with Crippen LogP contribution in [0.3, 0.4) is 0 Å². The summed E-state index contributed by atoms with van der Waals surface area (Å²) >= 11 is 0. The van der Waals surface area contributed by atoms with Gasteiger partial charge in [0, 0.05) is 57.9 Å². The van der Waals surface area contributed by atoms with Crippen molar-refractivity contribution >= 4 is 11.8 Å². The maximum Gasteiger partial charge on any atom is 0.191 e. The maximum atomic E-state index is 10.6. The van der Waals surface area contributed by atoms with E-state index in [1.165, 1.54) is 0 Å². The molecular formula is C19H31N5O2. The van der Waals surface area contributed by atoms with E-state index in [2.05, 4.69) is 38.5 Å². The van der Waals surface area contributed by atoms with Crippen molar-refractivity contribution in [3.05, 3.63) is 24.4 Å². The number of piperidine rings is 1. The average molecular weight is 361 g/mol. The lowest BCUT2D eigenvalue weighted by Gasteiger charge is -2.34. The normalized spacial score (nSPS) is 21.5. The first-order valence-corrected chi connectivity index (χ1v) is 9.69. The first-order chi connectivity index (χ1) is 12.7. The van der Waals surface area contributed by atoms with Gasteiger partial charge in [-0.3, -0.25) is 4.99 Å². The molecule has 0 amide bonds. The van der Waals surface area contributed by atoms with Gasteiger partial charge in [-0.15, -0.1) is 0 Å². The molecule has 0 aliphatic carbocycles. The van der Waals surface area contributed by atoms with Crippen molar-refractivity contribution in [2.75, 3.05) is 44.3 Å². The lowest BCUT2D eigenvalue weighted by Crippen LogP contribution is -2.49. The number of pyridine rings is 1. The highest BCUT2D eigenvalue weighted by molar-refractivity contribution is 5.80. The van der Waals surface area contributed by atoms with E-state index in [1.807, 2.05) is 18.3 Å². The second kappa shape index (κ2) is 9.19. The van der Waals surface area contributed by atoms with Crippen LogP contribution in [0.15, 0.2) is 29.4 Å². The Hall–Kier alpha value is -1.86. The molecule has 26 heavy (non-hydrogen) atoms. The highest BCUT2D eigenvalue weighted by atomic mass is 16.5. The van der Waals surface area contributed by atoms with Crippen molar-refractivity contribution in [3.8, 4) is 0 Å². The Morgan fingerprint density at radius 2 is 2.12 bits per heavy atom. The maximum absolute atomic E-state index is 10.6. The second-order valence-electron chi connectivity index (χ2n) is 7.13. The van der Waals surface area contributed by atoms with E-state index in [9.17, 15) is 5.11 Å². The summed E-state index contributed by atoms with van der Waals surface area (Å²) in [6.45, 7) is 6.47. The lowest BCUT2D eigenvalue weighted by molar-refractivity contribution is -0.0566. The molecule has 0 spiro atoms. The SMILES string of the molecule is CCNC(=NCC1(O)CCOCC1)NC1CCN(c2ccccn2)CC1. The zero-order chi connectivity index (χ0) is 18.2. The number of guanidine groups is 1. The molecule has 0 saturated carbocycles. The van der Waals surface area contributed by atoms with E-state index in [4.69, 9.17) is 4.74 Å². The Morgan fingerprint density at radius 3 is 2.77 bits per heavy atom. The number of hydrogen-bond acceptors (Lipinski definition) is 5. The predicted molar refractivity (Wildman–Crippen MR) is 104 cm³/mol. The molecule has 0 radical (unpaired) electrons. The van der Waals surface area contributed by atoms with Gasteiger partial charge in [-0.05, 0) is 31.9 Å². The summed E-state index contributed by atoms with van der Waals surface area (Å²) in [7, 11) is 0. The van der Waals surface area contributed by atoms with E-state index in [0.29, 0.717) is 38.6 Å². The van der Waals surface area contributed by atoms with Crippen LogP contribution >= 0.6 is 0 Å². The zero-order valence-corrected chi connectivity index (χ0v) is 15.7. The van der Waals surface area contributed by atoms with Crippen LogP contribution in [-0.4, -0.2) is 67.1 Å². The largest absolute Gasteiger partial charge is 0.388 e. The number of ether oxygens (including phenoxy) is 1. The van der Waals surface area contributed by atoms with Crippen LogP contribution in [0.1, 0.15) is 32.6 Å². The molecule has 2 saturated heterocycles. The van der Waals surface area contributed by atoms with Crippen LogP contribution in [0.25, 0.3) is 0 Å². The van der Waals surface area contributed by atoms with Crippen LogP contribution in [0.5, 0.6) is 0 Å². The third-order valence-electron chi connectivity index (χ3n) is 5.11. The summed E-state index contributed by atoms with van der Waals surface area (Å²) < 4.78 is 5.34. The Morgan fingerprint density at radius 1 is 1.35 bits per heavy atom. The minimum Gasteiger partial charge on any atom is -0.388 e. The molecule has 0 atom stereocenters. The summed E-state index contributed by atoms with van der Waals surface area (Å²) in [4.78, 5) is 11.4. The fourth-order valence-electron chi connectivity index (χ4n) is 3.44. The van der Waals surface area contributed by atoms with E-state index >= 15 is 0 Å². The van der Waals surface area contributed by atoms with Gasteiger partial charge in [-0.25, -0.2) is 4.98 Å². The quantitative estimate of drug-likeness (QED) is 0.539. The molecule has 2 aliphatic heterocycles. The van der Waals surface area contributed by atoms with Gasteiger partial charge in [0.1, 0.15) is 5.82 Å². The Kier molecular flexibility index (Phi) is 6.68. The van der Waals surface area contributed by atoms with Gasteiger partial charge in [0.05, 0.1) is 12.1 Å². The summed E-state index contributed by atoms with van der Waals surface area (Å²) in [5.74, 6) is 1.84. The van der Waals surface area contributed by atoms with Gasteiger partial charge < -0.3 is 25.4 Å². The Balaban J connectivity index is 1.51. The molecule has 0 aromatic carbocycles. The average Bonchev–Trinajstić information content (AvgIpc) is 2.68. The second-order valence-corrected chi connectivity index (χ2v) is 7.13. The highest BCUT2D eigenvalue weighted by Crippen LogP contribution is 2.21. The molecular weight excluding hydrogens is 330 g/mol. The van der Waals surface area contributed by atoms with Gasteiger partial charge in [-0.2, -0.15) is 0 Å². The van der Waals surface area contributed by atoms with Crippen molar-refractivity contribution in [2.24, 2.45) is 4.99 Å². The lowest BCUT2D eigenvalue weighted by atomic mass is 9.95. The minimum absolute atomic E-state index is 0.386. The molecule has 1 aromatic rings. The number of hydrogen-bond donors (Lipinski definition) is 3. The van der Waals surface area contributed by atoms with Gasteiger partial charge in [0.25, 0.3) is 0 Å². The van der Waals surface area contributed by atoms with Crippen molar-refractivity contribution < 1.29 is 9.84 Å². The van der Waals surface area contributed by atoms with Crippen molar-refractivity contribution in [2.45, 2.75) is 44.2 Å². The zero-order valence-electron chi connectivity index (χ0n) is 15.7. The van der Waals surface area contributed by atoms with E-state index < -0.39 is 5.60 Å². The Labute approximate surface area is 155 Å². The molecule has 3 rings (SSSR count). The van der Waals surface area contributed by atoms with Crippen molar-refractivity contribution in [1.29, 1.82) is 0 Å². The topological polar surface area (TPSA) is 82.0 Å².